The second-order valence-corrected chi connectivity index (χ2v) is 17.2. The molecule has 0 spiro atoms. The number of hydrogen-bond acceptors (Lipinski definition) is 26. The van der Waals surface area contributed by atoms with E-state index in [-0.39, 0.29) is 64.2 Å². The summed E-state index contributed by atoms with van der Waals surface area (Å²) in [6.45, 7) is 14.5. The van der Waals surface area contributed by atoms with Gasteiger partial charge in [-0.15, -0.1) is 0 Å². The van der Waals surface area contributed by atoms with E-state index >= 15 is 0 Å². The summed E-state index contributed by atoms with van der Waals surface area (Å²) in [6, 6.07) is 0. The number of esters is 10. The highest BCUT2D eigenvalue weighted by molar-refractivity contribution is 5.79. The fourth-order valence-corrected chi connectivity index (χ4v) is 7.57. The molecule has 0 aromatic carbocycles. The topological polar surface area (TPSA) is 326 Å². The van der Waals surface area contributed by atoms with Gasteiger partial charge in [0.1, 0.15) is 30.7 Å². The molecule has 0 bridgehead atoms. The fraction of sp³-hybridized carbons (Fsp3) is 0.780. The van der Waals surface area contributed by atoms with Crippen molar-refractivity contribution in [1.82, 2.24) is 0 Å². The molecule has 3 aliphatic heterocycles. The Labute approximate surface area is 440 Å². The first-order valence-corrected chi connectivity index (χ1v) is 25.9. The van der Waals surface area contributed by atoms with E-state index in [4.69, 9.17) is 71.1 Å². The highest BCUT2D eigenvalue weighted by atomic mass is 17.0. The predicted octanol–water partition coefficient (Wildman–Crippen LogP) is 3.58. The molecular formula is C50H74O26. The van der Waals surface area contributed by atoms with E-state index in [9.17, 15) is 52.7 Å². The lowest BCUT2D eigenvalue weighted by atomic mass is 9.86. The molecule has 0 unspecified atom stereocenters. The first-order valence-electron chi connectivity index (χ1n) is 25.9. The van der Waals surface area contributed by atoms with E-state index in [0.29, 0.717) is 0 Å². The minimum atomic E-state index is -3.10. The van der Waals surface area contributed by atoms with Gasteiger partial charge in [-0.3, -0.25) is 62.2 Å². The molecule has 3 rings (SSSR count). The normalized spacial score (nSPS) is 28.9. The number of ether oxygens (including phenoxy) is 15. The van der Waals surface area contributed by atoms with Crippen molar-refractivity contribution in [1.29, 1.82) is 0 Å². The maximum Gasteiger partial charge on any atom is 0.378 e. The van der Waals surface area contributed by atoms with Crippen molar-refractivity contribution in [3.63, 3.8) is 0 Å². The Bertz CT molecular complexity index is 2020. The molecule has 0 aliphatic carbocycles. The average Bonchev–Trinajstić information content (AvgIpc) is 3.67. The van der Waals surface area contributed by atoms with Crippen LogP contribution in [0.5, 0.6) is 0 Å². The lowest BCUT2D eigenvalue weighted by Gasteiger charge is -2.48. The quantitative estimate of drug-likeness (QED) is 0.0587. The molecule has 0 aromatic heterocycles. The fourth-order valence-electron chi connectivity index (χ4n) is 7.57. The lowest BCUT2D eigenvalue weighted by molar-refractivity contribution is -0.445. The van der Waals surface area contributed by atoms with Gasteiger partial charge in [-0.05, 0) is 0 Å². The summed E-state index contributed by atoms with van der Waals surface area (Å²) < 4.78 is 89.1. The van der Waals surface area contributed by atoms with Crippen LogP contribution in [-0.4, -0.2) is 158 Å². The standard InChI is InChI=1S/C50H74O26/c1-12-26(51)23-27-40(66-31(53)14-3)41(67-32(54)15-4)29(25-63-48-44(70-35(57)18-7)43(69-34(56)17-6)42(68-33(55)16-5)28(65-48)24-62-30(52)13-2)64-47(27)75-50(74-39(61)22-11)46(72-37(59)20-9)45(71-36(58)19-8)49(76-50)73-38(60)21-10/h27-29,40-49H,12-25H2,1-11H3/t27-,28-,29-,40-,41-,42+,43+,44-,45+,46+,47-,48+,49+,50-/m1/s1. The second kappa shape index (κ2) is 31.4. The van der Waals surface area contributed by atoms with E-state index in [1.54, 1.807) is 0 Å². The van der Waals surface area contributed by atoms with Gasteiger partial charge in [-0.25, -0.2) is 0 Å². The summed E-state index contributed by atoms with van der Waals surface area (Å²) in [5, 5.41) is 0. The van der Waals surface area contributed by atoms with Crippen molar-refractivity contribution in [3.8, 4) is 0 Å². The van der Waals surface area contributed by atoms with Gasteiger partial charge < -0.3 is 61.6 Å². The first-order chi connectivity index (χ1) is 36.1. The molecule has 3 fully saturated rings. The third-order valence-electron chi connectivity index (χ3n) is 11.8. The zero-order valence-electron chi connectivity index (χ0n) is 45.0. The molecule has 0 N–H and O–H groups in total. The van der Waals surface area contributed by atoms with Gasteiger partial charge in [0.2, 0.25) is 18.5 Å². The number of Topliss-reactive ketones (excluding diaryl/α,β-unsaturated/α-hetero) is 1. The number of hydrogen-bond donors (Lipinski definition) is 0. The SMILES string of the molecule is CCC(=O)C[C@H]1[C@@H](O[C@@]2(OC(=O)CC)O[C@H](OC(=O)CC)[C@@H](OC(=O)CC)[C@@H]2OC(=O)CC)O[C@H](CO[C@H]2O[C@H](COC(=O)CC)[C@H](OC(=O)CC)[C@H](OC(=O)CC)[C@H]2OC(=O)CC)[C@@H](OC(=O)CC)[C@@H]1OC(=O)CC. The molecule has 26 heteroatoms. The number of carbonyl (C=O) groups is 11. The van der Waals surface area contributed by atoms with Crippen LogP contribution in [0.25, 0.3) is 0 Å². The highest BCUT2D eigenvalue weighted by Crippen LogP contribution is 2.44. The molecule has 0 amide bonds. The molecule has 14 atom stereocenters. The third-order valence-corrected chi connectivity index (χ3v) is 11.8. The van der Waals surface area contributed by atoms with Gasteiger partial charge in [-0.1, -0.05) is 76.2 Å². The Morgan fingerprint density at radius 2 is 0.763 bits per heavy atom. The number of ketones is 1. The molecule has 76 heavy (non-hydrogen) atoms. The highest BCUT2D eigenvalue weighted by Gasteiger charge is 2.68. The van der Waals surface area contributed by atoms with Crippen LogP contribution < -0.4 is 0 Å². The van der Waals surface area contributed by atoms with Crippen LogP contribution >= 0.6 is 0 Å². The summed E-state index contributed by atoms with van der Waals surface area (Å²) in [7, 11) is 0. The predicted molar refractivity (Wildman–Crippen MR) is 251 cm³/mol. The summed E-state index contributed by atoms with van der Waals surface area (Å²) >= 11 is 0. The Kier molecular flexibility index (Phi) is 26.6. The summed E-state index contributed by atoms with van der Waals surface area (Å²) in [5.41, 5.74) is 0. The van der Waals surface area contributed by atoms with Crippen LogP contribution in [0.2, 0.25) is 0 Å². The molecule has 3 heterocycles. The van der Waals surface area contributed by atoms with Gasteiger partial charge in [0, 0.05) is 77.0 Å². The van der Waals surface area contributed by atoms with Gasteiger partial charge in [0.25, 0.3) is 0 Å². The summed E-state index contributed by atoms with van der Waals surface area (Å²) in [4.78, 5) is 145. The van der Waals surface area contributed by atoms with Gasteiger partial charge in [0.15, 0.2) is 37.0 Å². The average molecular weight is 1090 g/mol. The maximum absolute atomic E-state index is 13.6. The van der Waals surface area contributed by atoms with Gasteiger partial charge in [0.05, 0.1) is 12.5 Å². The number of carbonyl (C=O) groups excluding carboxylic acids is 11. The van der Waals surface area contributed by atoms with Crippen LogP contribution in [0.1, 0.15) is 153 Å². The van der Waals surface area contributed by atoms with Gasteiger partial charge >= 0.3 is 65.7 Å². The minimum Gasteiger partial charge on any atom is -0.463 e. The van der Waals surface area contributed by atoms with Crippen molar-refractivity contribution >= 4 is 65.5 Å². The van der Waals surface area contributed by atoms with E-state index in [0.717, 1.165) is 0 Å². The molecular weight excluding hydrogens is 1020 g/mol. The Hall–Kier alpha value is -5.83. The molecule has 0 saturated carbocycles. The van der Waals surface area contributed by atoms with Crippen molar-refractivity contribution in [2.75, 3.05) is 13.2 Å². The summed E-state index contributed by atoms with van der Waals surface area (Å²) in [6.07, 6.45) is -24.9. The van der Waals surface area contributed by atoms with Crippen molar-refractivity contribution < 1.29 is 124 Å². The smallest absolute Gasteiger partial charge is 0.378 e. The first kappa shape index (κ1) is 64.5. The van der Waals surface area contributed by atoms with Crippen molar-refractivity contribution in [2.24, 2.45) is 5.92 Å². The molecule has 3 aliphatic rings. The number of rotatable bonds is 29. The lowest BCUT2D eigenvalue weighted by Crippen LogP contribution is -2.65. The van der Waals surface area contributed by atoms with E-state index < -0.39 is 177 Å². The van der Waals surface area contributed by atoms with Crippen LogP contribution in [0, 0.1) is 5.92 Å². The minimum absolute atomic E-state index is 0.0906. The van der Waals surface area contributed by atoms with E-state index in [1.807, 2.05) is 0 Å². The van der Waals surface area contributed by atoms with Gasteiger partial charge in [-0.2, -0.15) is 0 Å². The van der Waals surface area contributed by atoms with Crippen molar-refractivity contribution in [3.05, 3.63) is 0 Å². The van der Waals surface area contributed by atoms with E-state index in [2.05, 4.69) is 0 Å². The Morgan fingerprint density at radius 3 is 1.25 bits per heavy atom. The van der Waals surface area contributed by atoms with E-state index in [1.165, 1.54) is 76.2 Å². The third kappa shape index (κ3) is 17.9. The monoisotopic (exact) mass is 1090 g/mol. The zero-order chi connectivity index (χ0) is 56.9. The molecule has 3 saturated heterocycles. The van der Waals surface area contributed by atoms with Crippen LogP contribution in [0.3, 0.4) is 0 Å². The van der Waals surface area contributed by atoms with Crippen LogP contribution in [0.4, 0.5) is 0 Å². The zero-order valence-corrected chi connectivity index (χ0v) is 45.0. The molecule has 0 aromatic rings. The van der Waals surface area contributed by atoms with Crippen LogP contribution in [-0.2, 0) is 124 Å². The maximum atomic E-state index is 13.6. The molecule has 26 nitrogen and oxygen atoms in total. The second-order valence-electron chi connectivity index (χ2n) is 17.2. The molecule has 430 valence electrons. The van der Waals surface area contributed by atoms with Crippen LogP contribution in [0.15, 0.2) is 0 Å². The summed E-state index contributed by atoms with van der Waals surface area (Å²) in [5.74, 6) is -14.1. The van der Waals surface area contributed by atoms with Crippen molar-refractivity contribution in [2.45, 2.75) is 233 Å². The Morgan fingerprint density at radius 1 is 0.368 bits per heavy atom. The molecule has 0 radical (unpaired) electrons. The largest absolute Gasteiger partial charge is 0.463 e. The Balaban J connectivity index is 2.41.